The molecule has 32 heavy (non-hydrogen) atoms. The zero-order valence-corrected chi connectivity index (χ0v) is 21.2. The van der Waals surface area contributed by atoms with E-state index in [4.69, 9.17) is 9.47 Å². The quantitative estimate of drug-likeness (QED) is 0.477. The van der Waals surface area contributed by atoms with Crippen LogP contribution in [0.5, 0.6) is 5.75 Å². The molecule has 2 aromatic rings. The number of benzene rings is 2. The van der Waals surface area contributed by atoms with Crippen molar-refractivity contribution in [2.24, 2.45) is 0 Å². The van der Waals surface area contributed by atoms with Gasteiger partial charge in [-0.05, 0) is 58.1 Å². The standard InChI is InChI=1S/C15H20N2O2S.C9H12O.C2H6/c1-11-3-4-14-12(9-11)10-19-15(18)17(14)13-5-7-16(20-2)8-6-13;1-8(2)10-9-6-4-3-5-7-9;1-2/h3-4,9,13H,5-8,10H2,1-2H3;3-8H,1-2H3;1-2H3. The predicted molar refractivity (Wildman–Crippen MR) is 136 cm³/mol. The summed E-state index contributed by atoms with van der Waals surface area (Å²) in [7, 11) is 0. The van der Waals surface area contributed by atoms with Gasteiger partial charge in [-0.2, -0.15) is 0 Å². The van der Waals surface area contributed by atoms with Gasteiger partial charge in [0.2, 0.25) is 0 Å². The van der Waals surface area contributed by atoms with Crippen LogP contribution in [-0.4, -0.2) is 41.9 Å². The van der Waals surface area contributed by atoms with Crippen molar-refractivity contribution >= 4 is 23.7 Å². The molecule has 2 heterocycles. The van der Waals surface area contributed by atoms with Crippen LogP contribution in [0.15, 0.2) is 48.5 Å². The number of carbonyl (C=O) groups is 1. The van der Waals surface area contributed by atoms with Crippen molar-refractivity contribution in [3.8, 4) is 5.75 Å². The molecule has 4 rings (SSSR count). The van der Waals surface area contributed by atoms with Gasteiger partial charge in [-0.15, -0.1) is 0 Å². The Labute approximate surface area is 198 Å². The first-order valence-corrected chi connectivity index (χ1v) is 12.7. The molecule has 1 amide bonds. The van der Waals surface area contributed by atoms with E-state index in [0.717, 1.165) is 42.9 Å². The van der Waals surface area contributed by atoms with Crippen LogP contribution in [0.3, 0.4) is 0 Å². The van der Waals surface area contributed by atoms with Crippen LogP contribution >= 0.6 is 11.9 Å². The highest BCUT2D eigenvalue weighted by Crippen LogP contribution is 2.33. The Hall–Kier alpha value is -2.18. The van der Waals surface area contributed by atoms with E-state index >= 15 is 0 Å². The topological polar surface area (TPSA) is 42.0 Å². The highest BCUT2D eigenvalue weighted by Gasteiger charge is 2.34. The van der Waals surface area contributed by atoms with E-state index in [2.05, 4.69) is 35.7 Å². The van der Waals surface area contributed by atoms with Gasteiger partial charge in [0.05, 0.1) is 11.8 Å². The Balaban J connectivity index is 0.000000255. The molecule has 176 valence electrons. The number of hydrogen-bond donors (Lipinski definition) is 0. The van der Waals surface area contributed by atoms with E-state index in [1.807, 2.05) is 62.9 Å². The molecule has 1 saturated heterocycles. The average molecular weight is 459 g/mol. The first kappa shape index (κ1) is 26.1. The summed E-state index contributed by atoms with van der Waals surface area (Å²) < 4.78 is 13.1. The van der Waals surface area contributed by atoms with E-state index < -0.39 is 0 Å². The molecular formula is C26H38N2O3S. The van der Waals surface area contributed by atoms with Gasteiger partial charge in [-0.25, -0.2) is 4.79 Å². The number of rotatable bonds is 4. The largest absolute Gasteiger partial charge is 0.491 e. The molecule has 1 fully saturated rings. The second kappa shape index (κ2) is 13.4. The fourth-order valence-corrected chi connectivity index (χ4v) is 4.35. The normalized spacial score (nSPS) is 16.2. The lowest BCUT2D eigenvalue weighted by Crippen LogP contribution is -2.48. The zero-order chi connectivity index (χ0) is 23.5. The number of piperidine rings is 1. The molecule has 0 saturated carbocycles. The second-order valence-corrected chi connectivity index (χ2v) is 8.76. The lowest BCUT2D eigenvalue weighted by molar-refractivity contribution is 0.136. The molecule has 2 aliphatic rings. The molecule has 0 unspecified atom stereocenters. The van der Waals surface area contributed by atoms with Crippen molar-refractivity contribution in [3.05, 3.63) is 59.7 Å². The van der Waals surface area contributed by atoms with Crippen LogP contribution in [0.4, 0.5) is 10.5 Å². The van der Waals surface area contributed by atoms with E-state index in [1.165, 1.54) is 5.56 Å². The van der Waals surface area contributed by atoms with Crippen LogP contribution in [0.25, 0.3) is 0 Å². The monoisotopic (exact) mass is 458 g/mol. The number of cyclic esters (lactones) is 1. The molecule has 6 heteroatoms. The van der Waals surface area contributed by atoms with Gasteiger partial charge < -0.3 is 9.47 Å². The smallest absolute Gasteiger partial charge is 0.414 e. The second-order valence-electron chi connectivity index (χ2n) is 7.88. The van der Waals surface area contributed by atoms with Crippen LogP contribution in [0, 0.1) is 6.92 Å². The van der Waals surface area contributed by atoms with Crippen LogP contribution < -0.4 is 9.64 Å². The van der Waals surface area contributed by atoms with Crippen LogP contribution in [-0.2, 0) is 11.3 Å². The molecule has 0 spiro atoms. The minimum absolute atomic E-state index is 0.191. The van der Waals surface area contributed by atoms with E-state index in [0.29, 0.717) is 6.61 Å². The van der Waals surface area contributed by atoms with Crippen LogP contribution in [0.2, 0.25) is 0 Å². The highest BCUT2D eigenvalue weighted by molar-refractivity contribution is 7.96. The Kier molecular flexibility index (Phi) is 10.9. The fourth-order valence-electron chi connectivity index (χ4n) is 3.77. The minimum atomic E-state index is -0.191. The molecule has 0 bridgehead atoms. The summed E-state index contributed by atoms with van der Waals surface area (Å²) in [4.78, 5) is 14.0. The predicted octanol–water partition coefficient (Wildman–Crippen LogP) is 6.69. The summed E-state index contributed by atoms with van der Waals surface area (Å²) in [5.41, 5.74) is 3.37. The van der Waals surface area contributed by atoms with Gasteiger partial charge in [0.25, 0.3) is 0 Å². The number of hydrogen-bond acceptors (Lipinski definition) is 5. The molecule has 0 aliphatic carbocycles. The van der Waals surface area contributed by atoms with Gasteiger partial charge in [-0.3, -0.25) is 9.21 Å². The molecule has 0 atom stereocenters. The fraction of sp³-hybridized carbons (Fsp3) is 0.500. The summed E-state index contributed by atoms with van der Waals surface area (Å²) in [6, 6.07) is 16.3. The van der Waals surface area contributed by atoms with Gasteiger partial charge in [0.15, 0.2) is 0 Å². The van der Waals surface area contributed by atoms with Gasteiger partial charge >= 0.3 is 6.09 Å². The maximum absolute atomic E-state index is 12.2. The third-order valence-corrected chi connectivity index (χ3v) is 6.09. The highest BCUT2D eigenvalue weighted by atomic mass is 32.2. The summed E-state index contributed by atoms with van der Waals surface area (Å²) in [5, 5.41) is 0. The van der Waals surface area contributed by atoms with Crippen molar-refractivity contribution in [3.63, 3.8) is 0 Å². The Bertz CT molecular complexity index is 821. The number of fused-ring (bicyclic) bond motifs is 1. The molecule has 0 aromatic heterocycles. The van der Waals surface area contributed by atoms with Crippen molar-refractivity contribution in [2.45, 2.75) is 66.2 Å². The summed E-state index contributed by atoms with van der Waals surface area (Å²) in [5.74, 6) is 0.942. The van der Waals surface area contributed by atoms with Gasteiger partial charge in [0, 0.05) is 24.7 Å². The number of anilines is 1. The maximum Gasteiger partial charge on any atom is 0.414 e. The number of para-hydroxylation sites is 1. The first-order valence-electron chi connectivity index (χ1n) is 11.5. The summed E-state index contributed by atoms with van der Waals surface area (Å²) in [6.45, 7) is 12.6. The zero-order valence-electron chi connectivity index (χ0n) is 20.3. The Morgan fingerprint density at radius 3 is 2.31 bits per heavy atom. The van der Waals surface area contributed by atoms with Crippen molar-refractivity contribution in [1.29, 1.82) is 0 Å². The van der Waals surface area contributed by atoms with Crippen LogP contribution in [0.1, 0.15) is 51.7 Å². The first-order chi connectivity index (χ1) is 15.5. The summed E-state index contributed by atoms with van der Waals surface area (Å²) in [6.07, 6.45) is 4.19. The lowest BCUT2D eigenvalue weighted by atomic mass is 10.0. The number of carbonyl (C=O) groups excluding carboxylic acids is 1. The molecule has 2 aliphatic heterocycles. The number of ether oxygens (including phenoxy) is 2. The number of aryl methyl sites for hydroxylation is 1. The molecule has 0 radical (unpaired) electrons. The SMILES string of the molecule is CC.CC(C)Oc1ccccc1.CSN1CCC(N2C(=O)OCc3cc(C)ccc32)CC1. The lowest BCUT2D eigenvalue weighted by Gasteiger charge is -2.39. The minimum Gasteiger partial charge on any atom is -0.491 e. The van der Waals surface area contributed by atoms with Gasteiger partial charge in [-0.1, -0.05) is 61.7 Å². The van der Waals surface area contributed by atoms with Crippen molar-refractivity contribution in [2.75, 3.05) is 24.2 Å². The molecular weight excluding hydrogens is 420 g/mol. The Morgan fingerprint density at radius 2 is 1.72 bits per heavy atom. The summed E-state index contributed by atoms with van der Waals surface area (Å²) >= 11 is 1.78. The van der Waals surface area contributed by atoms with E-state index in [1.54, 1.807) is 11.9 Å². The number of nitrogens with zero attached hydrogens (tertiary/aromatic N) is 2. The molecule has 2 aromatic carbocycles. The van der Waals surface area contributed by atoms with Crippen molar-refractivity contribution in [1.82, 2.24) is 4.31 Å². The van der Waals surface area contributed by atoms with E-state index in [-0.39, 0.29) is 18.2 Å². The molecule has 5 nitrogen and oxygen atoms in total. The average Bonchev–Trinajstić information content (AvgIpc) is 2.81. The van der Waals surface area contributed by atoms with Crippen molar-refractivity contribution < 1.29 is 14.3 Å². The third kappa shape index (κ3) is 7.45. The number of amides is 1. The van der Waals surface area contributed by atoms with Gasteiger partial charge in [0.1, 0.15) is 12.4 Å². The third-order valence-electron chi connectivity index (χ3n) is 5.20. The Morgan fingerprint density at radius 1 is 1.06 bits per heavy atom. The molecule has 0 N–H and O–H groups in total. The maximum atomic E-state index is 12.2. The van der Waals surface area contributed by atoms with E-state index in [9.17, 15) is 4.79 Å².